The van der Waals surface area contributed by atoms with Crippen LogP contribution < -0.4 is 0 Å². The van der Waals surface area contributed by atoms with Crippen LogP contribution in [0.1, 0.15) is 43.9 Å². The summed E-state index contributed by atoms with van der Waals surface area (Å²) in [5.74, 6) is 0.836. The smallest absolute Gasteiger partial charge is 0.137 e. The summed E-state index contributed by atoms with van der Waals surface area (Å²) in [4.78, 5) is 4.15. The van der Waals surface area contributed by atoms with E-state index in [9.17, 15) is 5.11 Å². The van der Waals surface area contributed by atoms with Gasteiger partial charge < -0.3 is 5.11 Å². The van der Waals surface area contributed by atoms with Gasteiger partial charge in [0.05, 0.1) is 5.69 Å². The first-order valence-corrected chi connectivity index (χ1v) is 4.84. The highest BCUT2D eigenvalue weighted by Crippen LogP contribution is 2.25. The number of aromatic nitrogens is 1. The van der Waals surface area contributed by atoms with Crippen LogP contribution in [-0.4, -0.2) is 10.1 Å². The zero-order valence-electron chi connectivity index (χ0n) is 8.54. The third kappa shape index (κ3) is 2.20. The maximum absolute atomic E-state index is 9.48. The lowest BCUT2D eigenvalue weighted by molar-refractivity contribution is 0.465. The van der Waals surface area contributed by atoms with Gasteiger partial charge in [0.2, 0.25) is 0 Å². The minimum Gasteiger partial charge on any atom is -0.506 e. The Morgan fingerprint density at radius 3 is 2.46 bits per heavy atom. The Morgan fingerprint density at radius 2 is 2.00 bits per heavy atom. The second-order valence-electron chi connectivity index (χ2n) is 3.39. The Kier molecular flexibility index (Phi) is 3.29. The van der Waals surface area contributed by atoms with Gasteiger partial charge in [-0.1, -0.05) is 13.8 Å². The largest absolute Gasteiger partial charge is 0.506 e. The van der Waals surface area contributed by atoms with Crippen LogP contribution in [0.2, 0.25) is 0 Å². The predicted molar refractivity (Wildman–Crippen MR) is 54.0 cm³/mol. The Bertz CT molecular complexity index is 279. The van der Waals surface area contributed by atoms with Crippen LogP contribution >= 0.6 is 0 Å². The molecular formula is C11H17NO. The molecule has 0 aromatic carbocycles. The Hall–Kier alpha value is -1.05. The number of hydrogen-bond acceptors (Lipinski definition) is 2. The molecule has 0 aliphatic heterocycles. The minimum absolute atomic E-state index is 0.310. The SMILES string of the molecule is CCC(CC)c1cnc(C)c(O)c1. The predicted octanol–water partition coefficient (Wildman–Crippen LogP) is 3.00. The molecule has 0 amide bonds. The fourth-order valence-electron chi connectivity index (χ4n) is 1.52. The van der Waals surface area contributed by atoms with Gasteiger partial charge in [0, 0.05) is 6.20 Å². The van der Waals surface area contributed by atoms with Crippen LogP contribution in [0.5, 0.6) is 5.75 Å². The number of aryl methyl sites for hydroxylation is 1. The molecule has 0 spiro atoms. The monoisotopic (exact) mass is 179 g/mol. The van der Waals surface area contributed by atoms with Gasteiger partial charge >= 0.3 is 0 Å². The first kappa shape index (κ1) is 10.0. The van der Waals surface area contributed by atoms with Crippen molar-refractivity contribution < 1.29 is 5.11 Å². The second kappa shape index (κ2) is 4.26. The van der Waals surface area contributed by atoms with E-state index in [2.05, 4.69) is 18.8 Å². The third-order valence-corrected chi connectivity index (χ3v) is 2.54. The highest BCUT2D eigenvalue weighted by molar-refractivity contribution is 5.30. The molecule has 0 unspecified atom stereocenters. The van der Waals surface area contributed by atoms with Crippen molar-refractivity contribution in [1.29, 1.82) is 0 Å². The molecule has 0 fully saturated rings. The quantitative estimate of drug-likeness (QED) is 0.773. The minimum atomic E-state index is 0.310. The molecule has 0 radical (unpaired) electrons. The number of rotatable bonds is 3. The standard InChI is InChI=1S/C11H17NO/c1-4-9(5-2)10-6-11(13)8(3)12-7-10/h6-7,9,13H,4-5H2,1-3H3. The molecule has 1 aromatic heterocycles. The van der Waals surface area contributed by atoms with Gasteiger partial charge in [-0.15, -0.1) is 0 Å². The van der Waals surface area contributed by atoms with Gasteiger partial charge in [-0.2, -0.15) is 0 Å². The summed E-state index contributed by atoms with van der Waals surface area (Å²) in [6.45, 7) is 6.13. The van der Waals surface area contributed by atoms with Crippen molar-refractivity contribution in [3.63, 3.8) is 0 Å². The molecule has 0 atom stereocenters. The van der Waals surface area contributed by atoms with Crippen molar-refractivity contribution in [2.24, 2.45) is 0 Å². The topological polar surface area (TPSA) is 33.1 Å². The summed E-state index contributed by atoms with van der Waals surface area (Å²) >= 11 is 0. The molecule has 1 heterocycles. The van der Waals surface area contributed by atoms with Gasteiger partial charge in [0.1, 0.15) is 5.75 Å². The van der Waals surface area contributed by atoms with Crippen molar-refractivity contribution in [2.45, 2.75) is 39.5 Å². The molecule has 13 heavy (non-hydrogen) atoms. The fraction of sp³-hybridized carbons (Fsp3) is 0.545. The van der Waals surface area contributed by atoms with Crippen LogP contribution in [0, 0.1) is 6.92 Å². The van der Waals surface area contributed by atoms with E-state index in [4.69, 9.17) is 0 Å². The van der Waals surface area contributed by atoms with Crippen LogP contribution in [0.25, 0.3) is 0 Å². The average molecular weight is 179 g/mol. The van der Waals surface area contributed by atoms with E-state index < -0.39 is 0 Å². The van der Waals surface area contributed by atoms with Crippen molar-refractivity contribution in [3.05, 3.63) is 23.5 Å². The van der Waals surface area contributed by atoms with E-state index in [0.717, 1.165) is 18.4 Å². The lowest BCUT2D eigenvalue weighted by atomic mass is 9.95. The van der Waals surface area contributed by atoms with Crippen molar-refractivity contribution in [1.82, 2.24) is 4.98 Å². The molecular weight excluding hydrogens is 162 g/mol. The molecule has 1 rings (SSSR count). The van der Waals surface area contributed by atoms with Gasteiger partial charge in [-0.3, -0.25) is 4.98 Å². The highest BCUT2D eigenvalue weighted by atomic mass is 16.3. The van der Waals surface area contributed by atoms with Crippen LogP contribution in [0.15, 0.2) is 12.3 Å². The Balaban J connectivity index is 2.95. The van der Waals surface area contributed by atoms with E-state index in [1.54, 1.807) is 0 Å². The Labute approximate surface area is 79.6 Å². The van der Waals surface area contributed by atoms with Crippen molar-refractivity contribution in [2.75, 3.05) is 0 Å². The molecule has 1 N–H and O–H groups in total. The number of nitrogens with zero attached hydrogens (tertiary/aromatic N) is 1. The maximum Gasteiger partial charge on any atom is 0.137 e. The summed E-state index contributed by atoms with van der Waals surface area (Å²) in [5.41, 5.74) is 1.85. The first-order valence-electron chi connectivity index (χ1n) is 4.84. The summed E-state index contributed by atoms with van der Waals surface area (Å²) in [7, 11) is 0. The van der Waals surface area contributed by atoms with E-state index in [1.807, 2.05) is 19.2 Å². The molecule has 72 valence electrons. The lowest BCUT2D eigenvalue weighted by Gasteiger charge is -2.12. The normalized spacial score (nSPS) is 10.8. The van der Waals surface area contributed by atoms with E-state index >= 15 is 0 Å². The van der Waals surface area contributed by atoms with E-state index in [0.29, 0.717) is 17.4 Å². The molecule has 2 nitrogen and oxygen atoms in total. The van der Waals surface area contributed by atoms with Crippen LogP contribution in [0.4, 0.5) is 0 Å². The lowest BCUT2D eigenvalue weighted by Crippen LogP contribution is -1.96. The van der Waals surface area contributed by atoms with Gasteiger partial charge in [-0.25, -0.2) is 0 Å². The number of pyridine rings is 1. The molecule has 0 aliphatic rings. The first-order chi connectivity index (χ1) is 6.19. The highest BCUT2D eigenvalue weighted by Gasteiger charge is 2.08. The van der Waals surface area contributed by atoms with Crippen LogP contribution in [-0.2, 0) is 0 Å². The molecule has 0 aliphatic carbocycles. The summed E-state index contributed by atoms with van der Waals surface area (Å²) in [6.07, 6.45) is 4.06. The molecule has 1 aromatic rings. The number of hydrogen-bond donors (Lipinski definition) is 1. The Morgan fingerprint density at radius 1 is 1.38 bits per heavy atom. The van der Waals surface area contributed by atoms with Crippen molar-refractivity contribution >= 4 is 0 Å². The fourth-order valence-corrected chi connectivity index (χ4v) is 1.52. The summed E-state index contributed by atoms with van der Waals surface area (Å²) < 4.78 is 0. The van der Waals surface area contributed by atoms with Gasteiger partial charge in [0.15, 0.2) is 0 Å². The molecule has 2 heteroatoms. The third-order valence-electron chi connectivity index (χ3n) is 2.54. The van der Waals surface area contributed by atoms with Gasteiger partial charge in [0.25, 0.3) is 0 Å². The zero-order valence-corrected chi connectivity index (χ0v) is 8.54. The average Bonchev–Trinajstić information content (AvgIpc) is 2.13. The summed E-state index contributed by atoms with van der Waals surface area (Å²) in [6, 6.07) is 1.83. The maximum atomic E-state index is 9.48. The van der Waals surface area contributed by atoms with Crippen LogP contribution in [0.3, 0.4) is 0 Å². The van der Waals surface area contributed by atoms with Gasteiger partial charge in [-0.05, 0) is 37.3 Å². The molecule has 0 saturated carbocycles. The zero-order chi connectivity index (χ0) is 9.84. The second-order valence-corrected chi connectivity index (χ2v) is 3.39. The van der Waals surface area contributed by atoms with Crippen molar-refractivity contribution in [3.8, 4) is 5.75 Å². The number of aromatic hydroxyl groups is 1. The molecule has 0 saturated heterocycles. The van der Waals surface area contributed by atoms with E-state index in [1.165, 1.54) is 0 Å². The molecule has 0 bridgehead atoms. The summed E-state index contributed by atoms with van der Waals surface area (Å²) in [5, 5.41) is 9.48. The van der Waals surface area contributed by atoms with E-state index in [-0.39, 0.29) is 0 Å².